The van der Waals surface area contributed by atoms with E-state index >= 15 is 0 Å². The highest BCUT2D eigenvalue weighted by atomic mass is 16.5. The van der Waals surface area contributed by atoms with E-state index in [1.807, 2.05) is 16.8 Å². The molecule has 1 saturated carbocycles. The molecule has 2 N–H and O–H groups in total. The molecular formula is C14H19N5O2. The van der Waals surface area contributed by atoms with E-state index in [1.165, 1.54) is 0 Å². The van der Waals surface area contributed by atoms with E-state index in [-0.39, 0.29) is 12.1 Å². The van der Waals surface area contributed by atoms with Crippen LogP contribution in [0.5, 0.6) is 5.75 Å². The average Bonchev–Trinajstić information content (AvgIpc) is 3.14. The average molecular weight is 289 g/mol. The number of hydrogen-bond acceptors (Lipinski definition) is 6. The monoisotopic (exact) mass is 289 g/mol. The Morgan fingerprint density at radius 2 is 2.14 bits per heavy atom. The quantitative estimate of drug-likeness (QED) is 0.861. The van der Waals surface area contributed by atoms with Crippen LogP contribution in [0, 0.1) is 0 Å². The highest BCUT2D eigenvalue weighted by Crippen LogP contribution is 2.38. The van der Waals surface area contributed by atoms with Crippen LogP contribution < -0.4 is 10.5 Å². The van der Waals surface area contributed by atoms with Gasteiger partial charge < -0.3 is 15.2 Å². The fourth-order valence-corrected chi connectivity index (χ4v) is 3.01. The lowest BCUT2D eigenvalue weighted by atomic mass is 10.1. The molecule has 1 aromatic carbocycles. The molecule has 0 aliphatic heterocycles. The lowest BCUT2D eigenvalue weighted by Crippen LogP contribution is -2.22. The number of tetrazole rings is 1. The maximum Gasteiger partial charge on any atom is 0.186 e. The van der Waals surface area contributed by atoms with E-state index in [9.17, 15) is 0 Å². The molecule has 0 amide bonds. The maximum absolute atomic E-state index is 5.97. The van der Waals surface area contributed by atoms with E-state index in [0.29, 0.717) is 17.3 Å². The first-order valence-corrected chi connectivity index (χ1v) is 6.99. The number of nitrogen functional groups attached to an aromatic ring is 1. The second-order valence-electron chi connectivity index (χ2n) is 5.15. The molecule has 0 bridgehead atoms. The lowest BCUT2D eigenvalue weighted by Gasteiger charge is -2.20. The zero-order valence-electron chi connectivity index (χ0n) is 12.2. The number of methoxy groups -OCH3 is 2. The molecule has 1 aromatic heterocycles. The summed E-state index contributed by atoms with van der Waals surface area (Å²) in [6, 6.07) is 5.72. The SMILES string of the molecule is COc1c(N)cccc1-c1nnnn1C1CCCC1OC. The van der Waals surface area contributed by atoms with Gasteiger partial charge in [-0.2, -0.15) is 0 Å². The molecule has 0 spiro atoms. The van der Waals surface area contributed by atoms with Gasteiger partial charge in [0.05, 0.1) is 30.5 Å². The molecule has 1 fully saturated rings. The van der Waals surface area contributed by atoms with Crippen LogP contribution in [0.2, 0.25) is 0 Å². The van der Waals surface area contributed by atoms with Gasteiger partial charge in [0.2, 0.25) is 0 Å². The summed E-state index contributed by atoms with van der Waals surface area (Å²) in [5.74, 6) is 1.26. The number of para-hydroxylation sites is 1. The van der Waals surface area contributed by atoms with Crippen molar-refractivity contribution in [2.24, 2.45) is 0 Å². The summed E-state index contributed by atoms with van der Waals surface area (Å²) in [6.45, 7) is 0. The van der Waals surface area contributed by atoms with E-state index in [4.69, 9.17) is 15.2 Å². The normalized spacial score (nSPS) is 21.6. The standard InChI is InChI=1S/C14H19N5O2/c1-20-12-8-4-7-11(12)19-14(16-17-18-19)9-5-3-6-10(15)13(9)21-2/h3,5-6,11-12H,4,7-8,15H2,1-2H3. The zero-order valence-corrected chi connectivity index (χ0v) is 12.2. The highest BCUT2D eigenvalue weighted by molar-refractivity contribution is 5.73. The van der Waals surface area contributed by atoms with Crippen molar-refractivity contribution in [2.75, 3.05) is 20.0 Å². The highest BCUT2D eigenvalue weighted by Gasteiger charge is 2.32. The smallest absolute Gasteiger partial charge is 0.186 e. The summed E-state index contributed by atoms with van der Waals surface area (Å²) in [5.41, 5.74) is 7.33. The Labute approximate surface area is 123 Å². The van der Waals surface area contributed by atoms with Gasteiger partial charge in [-0.3, -0.25) is 0 Å². The number of nitrogens with two attached hydrogens (primary N) is 1. The number of ether oxygens (including phenoxy) is 2. The molecule has 0 radical (unpaired) electrons. The number of benzene rings is 1. The van der Waals surface area contributed by atoms with Gasteiger partial charge in [-0.15, -0.1) is 5.10 Å². The van der Waals surface area contributed by atoms with Crippen molar-refractivity contribution in [3.8, 4) is 17.1 Å². The molecule has 7 heteroatoms. The molecule has 2 atom stereocenters. The fraction of sp³-hybridized carbons (Fsp3) is 0.500. The van der Waals surface area contributed by atoms with Gasteiger partial charge >= 0.3 is 0 Å². The Hall–Kier alpha value is -2.15. The van der Waals surface area contributed by atoms with E-state index in [0.717, 1.165) is 24.8 Å². The van der Waals surface area contributed by atoms with Crippen LogP contribution in [0.3, 0.4) is 0 Å². The van der Waals surface area contributed by atoms with Crippen molar-refractivity contribution in [3.63, 3.8) is 0 Å². The number of nitrogens with zero attached hydrogens (tertiary/aromatic N) is 4. The van der Waals surface area contributed by atoms with Crippen LogP contribution in [0.15, 0.2) is 18.2 Å². The summed E-state index contributed by atoms with van der Waals surface area (Å²) in [7, 11) is 3.32. The van der Waals surface area contributed by atoms with Crippen LogP contribution in [0.1, 0.15) is 25.3 Å². The minimum absolute atomic E-state index is 0.138. The first-order chi connectivity index (χ1) is 10.3. The molecule has 21 heavy (non-hydrogen) atoms. The molecule has 2 aromatic rings. The molecule has 2 unspecified atom stereocenters. The summed E-state index contributed by atoms with van der Waals surface area (Å²) < 4.78 is 12.8. The maximum atomic E-state index is 5.97. The fourth-order valence-electron chi connectivity index (χ4n) is 3.01. The minimum Gasteiger partial charge on any atom is -0.494 e. The number of aromatic nitrogens is 4. The molecule has 1 aliphatic carbocycles. The summed E-state index contributed by atoms with van der Waals surface area (Å²) in [5, 5.41) is 12.1. The summed E-state index contributed by atoms with van der Waals surface area (Å²) >= 11 is 0. The third-order valence-corrected chi connectivity index (χ3v) is 4.02. The largest absolute Gasteiger partial charge is 0.494 e. The van der Waals surface area contributed by atoms with Crippen LogP contribution in [0.25, 0.3) is 11.4 Å². The zero-order chi connectivity index (χ0) is 14.8. The molecule has 0 saturated heterocycles. The van der Waals surface area contributed by atoms with Crippen LogP contribution in [-0.2, 0) is 4.74 Å². The van der Waals surface area contributed by atoms with E-state index in [2.05, 4.69) is 15.5 Å². The Balaban J connectivity index is 2.05. The molecule has 1 aliphatic rings. The number of rotatable bonds is 4. The van der Waals surface area contributed by atoms with Crippen LogP contribution >= 0.6 is 0 Å². The minimum atomic E-state index is 0.138. The van der Waals surface area contributed by atoms with Crippen molar-refractivity contribution < 1.29 is 9.47 Å². The predicted molar refractivity (Wildman–Crippen MR) is 77.9 cm³/mol. The molecule has 3 rings (SSSR count). The summed E-state index contributed by atoms with van der Waals surface area (Å²) in [4.78, 5) is 0. The number of hydrogen-bond donors (Lipinski definition) is 1. The Morgan fingerprint density at radius 1 is 1.29 bits per heavy atom. The van der Waals surface area contributed by atoms with Gasteiger partial charge in [0.15, 0.2) is 11.6 Å². The second-order valence-corrected chi connectivity index (χ2v) is 5.15. The van der Waals surface area contributed by atoms with E-state index in [1.54, 1.807) is 20.3 Å². The topological polar surface area (TPSA) is 88.1 Å². The third kappa shape index (κ3) is 2.33. The first-order valence-electron chi connectivity index (χ1n) is 6.99. The second kappa shape index (κ2) is 5.69. The van der Waals surface area contributed by atoms with Crippen molar-refractivity contribution in [1.82, 2.24) is 20.2 Å². The molecule has 7 nitrogen and oxygen atoms in total. The van der Waals surface area contributed by atoms with Gasteiger partial charge in [0, 0.05) is 7.11 Å². The molecule has 112 valence electrons. The van der Waals surface area contributed by atoms with Gasteiger partial charge in [0.1, 0.15) is 0 Å². The van der Waals surface area contributed by atoms with Crippen molar-refractivity contribution >= 4 is 5.69 Å². The number of anilines is 1. The van der Waals surface area contributed by atoms with Gasteiger partial charge in [-0.25, -0.2) is 4.68 Å². The molecular weight excluding hydrogens is 270 g/mol. The lowest BCUT2D eigenvalue weighted by molar-refractivity contribution is 0.0707. The van der Waals surface area contributed by atoms with Gasteiger partial charge in [0.25, 0.3) is 0 Å². The third-order valence-electron chi connectivity index (χ3n) is 4.02. The van der Waals surface area contributed by atoms with Crippen LogP contribution in [0.4, 0.5) is 5.69 Å². The Kier molecular flexibility index (Phi) is 3.74. The molecule has 1 heterocycles. The van der Waals surface area contributed by atoms with Crippen molar-refractivity contribution in [3.05, 3.63) is 18.2 Å². The van der Waals surface area contributed by atoms with Crippen molar-refractivity contribution in [2.45, 2.75) is 31.4 Å². The Morgan fingerprint density at radius 3 is 2.90 bits per heavy atom. The van der Waals surface area contributed by atoms with Gasteiger partial charge in [-0.05, 0) is 41.8 Å². The van der Waals surface area contributed by atoms with Gasteiger partial charge in [-0.1, -0.05) is 6.07 Å². The van der Waals surface area contributed by atoms with E-state index < -0.39 is 0 Å². The Bertz CT molecular complexity index is 628. The first kappa shape index (κ1) is 13.8. The van der Waals surface area contributed by atoms with Crippen LogP contribution in [-0.4, -0.2) is 40.5 Å². The van der Waals surface area contributed by atoms with Crippen molar-refractivity contribution in [1.29, 1.82) is 0 Å². The predicted octanol–water partition coefficient (Wildman–Crippen LogP) is 1.67. The summed E-state index contributed by atoms with van der Waals surface area (Å²) in [6.07, 6.45) is 3.27.